The molecule has 0 radical (unpaired) electrons. The fraction of sp³-hybridized carbons (Fsp3) is 0.364. The second kappa shape index (κ2) is 5.46. The number of nitrogens with one attached hydrogen (secondary N) is 1. The molecule has 0 bridgehead atoms. The molecule has 2 N–H and O–H groups in total. The number of hydrogen-bond acceptors (Lipinski definition) is 2. The summed E-state index contributed by atoms with van der Waals surface area (Å²) in [6.07, 6.45) is 0.708. The Morgan fingerprint density at radius 1 is 1.53 bits per heavy atom. The Bertz CT molecular complexity index is 352. The lowest BCUT2D eigenvalue weighted by atomic mass is 10.1. The van der Waals surface area contributed by atoms with Crippen LogP contribution in [0.2, 0.25) is 0 Å². The van der Waals surface area contributed by atoms with E-state index < -0.39 is 5.97 Å². The molecule has 0 aliphatic rings. The van der Waals surface area contributed by atoms with Crippen LogP contribution >= 0.6 is 0 Å². The molecule has 3 nitrogen and oxygen atoms in total. The van der Waals surface area contributed by atoms with Gasteiger partial charge in [0.25, 0.3) is 0 Å². The molecule has 0 unspecified atom stereocenters. The second-order valence-electron chi connectivity index (χ2n) is 3.39. The van der Waals surface area contributed by atoms with Gasteiger partial charge in [-0.05, 0) is 43.1 Å². The van der Waals surface area contributed by atoms with E-state index in [1.807, 2.05) is 6.92 Å². The first-order chi connectivity index (χ1) is 7.09. The van der Waals surface area contributed by atoms with E-state index in [4.69, 9.17) is 5.11 Å². The Hall–Kier alpha value is -1.42. The molecular formula is C11H14FNO2. The van der Waals surface area contributed by atoms with E-state index in [0.29, 0.717) is 13.0 Å². The van der Waals surface area contributed by atoms with Crippen molar-refractivity contribution < 1.29 is 14.3 Å². The minimum atomic E-state index is -0.870. The molecule has 1 aromatic carbocycles. The van der Waals surface area contributed by atoms with E-state index in [9.17, 15) is 9.18 Å². The minimum absolute atomic E-state index is 0.0414. The zero-order valence-electron chi connectivity index (χ0n) is 8.59. The predicted molar refractivity (Wildman–Crippen MR) is 55.3 cm³/mol. The van der Waals surface area contributed by atoms with Gasteiger partial charge in [-0.3, -0.25) is 4.79 Å². The first kappa shape index (κ1) is 11.7. The van der Waals surface area contributed by atoms with Crippen molar-refractivity contribution in [3.63, 3.8) is 0 Å². The number of rotatable bonds is 5. The molecule has 0 spiro atoms. The zero-order valence-corrected chi connectivity index (χ0v) is 8.59. The fourth-order valence-corrected chi connectivity index (χ4v) is 1.36. The molecular weight excluding hydrogens is 197 g/mol. The number of halogens is 1. The molecule has 0 atom stereocenters. The van der Waals surface area contributed by atoms with Crippen molar-refractivity contribution in [2.24, 2.45) is 0 Å². The van der Waals surface area contributed by atoms with Gasteiger partial charge >= 0.3 is 5.97 Å². The lowest BCUT2D eigenvalue weighted by Gasteiger charge is -2.05. The van der Waals surface area contributed by atoms with Crippen LogP contribution in [0, 0.1) is 12.7 Å². The number of aliphatic carboxylic acids is 1. The normalized spacial score (nSPS) is 10.3. The summed E-state index contributed by atoms with van der Waals surface area (Å²) in [6, 6.07) is 4.62. The maximum Gasteiger partial charge on any atom is 0.317 e. The first-order valence-corrected chi connectivity index (χ1v) is 4.77. The van der Waals surface area contributed by atoms with Gasteiger partial charge in [-0.25, -0.2) is 4.39 Å². The van der Waals surface area contributed by atoms with Crippen molar-refractivity contribution in [2.75, 3.05) is 13.1 Å². The summed E-state index contributed by atoms with van der Waals surface area (Å²) in [5.41, 5.74) is 1.93. The van der Waals surface area contributed by atoms with Crippen LogP contribution in [0.1, 0.15) is 11.1 Å². The Morgan fingerprint density at radius 3 is 2.87 bits per heavy atom. The van der Waals surface area contributed by atoms with Gasteiger partial charge in [0.15, 0.2) is 0 Å². The standard InChI is InChI=1S/C11H14FNO2/c1-8-6-10(12)3-2-9(8)4-5-13-7-11(14)15/h2-3,6,13H,4-5,7H2,1H3,(H,14,15). The van der Waals surface area contributed by atoms with Gasteiger partial charge in [-0.15, -0.1) is 0 Å². The van der Waals surface area contributed by atoms with E-state index in [1.54, 1.807) is 6.07 Å². The quantitative estimate of drug-likeness (QED) is 0.723. The molecule has 82 valence electrons. The maximum atomic E-state index is 12.7. The monoisotopic (exact) mass is 211 g/mol. The van der Waals surface area contributed by atoms with Gasteiger partial charge in [-0.2, -0.15) is 0 Å². The average molecular weight is 211 g/mol. The van der Waals surface area contributed by atoms with Crippen LogP contribution in [0.3, 0.4) is 0 Å². The van der Waals surface area contributed by atoms with Gasteiger partial charge in [0, 0.05) is 0 Å². The Labute approximate surface area is 87.9 Å². The minimum Gasteiger partial charge on any atom is -0.480 e. The van der Waals surface area contributed by atoms with Crippen LogP contribution in [-0.4, -0.2) is 24.2 Å². The van der Waals surface area contributed by atoms with Crippen molar-refractivity contribution >= 4 is 5.97 Å². The van der Waals surface area contributed by atoms with Crippen molar-refractivity contribution in [3.05, 3.63) is 35.1 Å². The molecule has 0 aliphatic carbocycles. The van der Waals surface area contributed by atoms with E-state index in [0.717, 1.165) is 11.1 Å². The van der Waals surface area contributed by atoms with Crippen LogP contribution in [0.5, 0.6) is 0 Å². The summed E-state index contributed by atoms with van der Waals surface area (Å²) in [6.45, 7) is 2.38. The van der Waals surface area contributed by atoms with Crippen LogP contribution in [0.4, 0.5) is 4.39 Å². The fourth-order valence-electron chi connectivity index (χ4n) is 1.36. The highest BCUT2D eigenvalue weighted by Gasteiger charge is 2.00. The van der Waals surface area contributed by atoms with E-state index in [2.05, 4.69) is 5.32 Å². The van der Waals surface area contributed by atoms with E-state index >= 15 is 0 Å². The summed E-state index contributed by atoms with van der Waals surface area (Å²) in [7, 11) is 0. The average Bonchev–Trinajstić information content (AvgIpc) is 2.14. The van der Waals surface area contributed by atoms with Gasteiger partial charge in [0.05, 0.1) is 6.54 Å². The van der Waals surface area contributed by atoms with Crippen LogP contribution in [0.15, 0.2) is 18.2 Å². The molecule has 0 aromatic heterocycles. The lowest BCUT2D eigenvalue weighted by molar-refractivity contribution is -0.135. The highest BCUT2D eigenvalue weighted by molar-refractivity contribution is 5.68. The largest absolute Gasteiger partial charge is 0.480 e. The molecule has 1 rings (SSSR count). The lowest BCUT2D eigenvalue weighted by Crippen LogP contribution is -2.24. The summed E-state index contributed by atoms with van der Waals surface area (Å²) in [4.78, 5) is 10.2. The van der Waals surface area contributed by atoms with Gasteiger partial charge in [0.2, 0.25) is 0 Å². The number of carbonyl (C=O) groups is 1. The maximum absolute atomic E-state index is 12.7. The van der Waals surface area contributed by atoms with Crippen molar-refractivity contribution in [2.45, 2.75) is 13.3 Å². The Kier molecular flexibility index (Phi) is 4.24. The first-order valence-electron chi connectivity index (χ1n) is 4.77. The third-order valence-corrected chi connectivity index (χ3v) is 2.15. The molecule has 0 heterocycles. The van der Waals surface area contributed by atoms with E-state index in [-0.39, 0.29) is 12.4 Å². The highest BCUT2D eigenvalue weighted by atomic mass is 19.1. The number of hydrogen-bond donors (Lipinski definition) is 2. The molecule has 0 saturated carbocycles. The summed E-state index contributed by atoms with van der Waals surface area (Å²) < 4.78 is 12.7. The topological polar surface area (TPSA) is 49.3 Å². The molecule has 4 heteroatoms. The molecule has 0 saturated heterocycles. The summed E-state index contributed by atoms with van der Waals surface area (Å²) in [5, 5.41) is 11.2. The molecule has 0 aliphatic heterocycles. The highest BCUT2D eigenvalue weighted by Crippen LogP contribution is 2.10. The van der Waals surface area contributed by atoms with Crippen LogP contribution in [-0.2, 0) is 11.2 Å². The number of aryl methyl sites for hydroxylation is 1. The van der Waals surface area contributed by atoms with Crippen molar-refractivity contribution in [1.82, 2.24) is 5.32 Å². The molecule has 15 heavy (non-hydrogen) atoms. The molecule has 1 aromatic rings. The van der Waals surface area contributed by atoms with Crippen LogP contribution in [0.25, 0.3) is 0 Å². The predicted octanol–water partition coefficient (Wildman–Crippen LogP) is 1.35. The molecule has 0 fully saturated rings. The third kappa shape index (κ3) is 4.08. The number of carboxylic acids is 1. The van der Waals surface area contributed by atoms with Crippen molar-refractivity contribution in [1.29, 1.82) is 0 Å². The SMILES string of the molecule is Cc1cc(F)ccc1CCNCC(=O)O. The Morgan fingerprint density at radius 2 is 2.27 bits per heavy atom. The van der Waals surface area contributed by atoms with Gasteiger partial charge in [0.1, 0.15) is 5.82 Å². The third-order valence-electron chi connectivity index (χ3n) is 2.15. The smallest absolute Gasteiger partial charge is 0.317 e. The Balaban J connectivity index is 2.40. The van der Waals surface area contributed by atoms with Crippen molar-refractivity contribution in [3.8, 4) is 0 Å². The number of carboxylic acid groups (broad SMARTS) is 1. The van der Waals surface area contributed by atoms with Gasteiger partial charge < -0.3 is 10.4 Å². The zero-order chi connectivity index (χ0) is 11.3. The van der Waals surface area contributed by atoms with Gasteiger partial charge in [-0.1, -0.05) is 6.07 Å². The summed E-state index contributed by atoms with van der Waals surface area (Å²) >= 11 is 0. The van der Waals surface area contributed by atoms with E-state index in [1.165, 1.54) is 12.1 Å². The number of benzene rings is 1. The van der Waals surface area contributed by atoms with Crippen LogP contribution < -0.4 is 5.32 Å². The second-order valence-corrected chi connectivity index (χ2v) is 3.39. The summed E-state index contributed by atoms with van der Waals surface area (Å²) in [5.74, 6) is -1.11. The molecule has 0 amide bonds.